The van der Waals surface area contributed by atoms with Gasteiger partial charge in [-0.2, -0.15) is 0 Å². The molecule has 2 aliphatic heterocycles. The first-order chi connectivity index (χ1) is 14.1. The highest BCUT2D eigenvalue weighted by atomic mass is 28.4. The molecule has 2 atom stereocenters. The Morgan fingerprint density at radius 1 is 0.967 bits per heavy atom. The van der Waals surface area contributed by atoms with E-state index in [4.69, 9.17) is 18.6 Å². The third-order valence-corrected chi connectivity index (χ3v) is 10.9. The van der Waals surface area contributed by atoms with Crippen molar-refractivity contribution in [2.24, 2.45) is 0 Å². The Hall–Kier alpha value is -1.99. The molecule has 4 rings (SSSR count). The highest BCUT2D eigenvalue weighted by molar-refractivity contribution is 6.99. The van der Waals surface area contributed by atoms with Crippen LogP contribution in [0.15, 0.2) is 60.7 Å². The molecule has 1 spiro atoms. The Balaban J connectivity index is 1.86. The minimum Gasteiger partial charge on any atom is -0.427 e. The highest BCUT2D eigenvalue weighted by Crippen LogP contribution is 2.45. The first-order valence-electron chi connectivity index (χ1n) is 10.4. The summed E-state index contributed by atoms with van der Waals surface area (Å²) >= 11 is 0. The van der Waals surface area contributed by atoms with Crippen molar-refractivity contribution >= 4 is 24.7 Å². The average Bonchev–Trinajstić information content (AvgIpc) is 3.16. The Labute approximate surface area is 179 Å². The lowest BCUT2D eigenvalue weighted by atomic mass is 10.1. The van der Waals surface area contributed by atoms with Crippen LogP contribution in [0.3, 0.4) is 0 Å². The largest absolute Gasteiger partial charge is 0.427 e. The Bertz CT molecular complexity index is 867. The second kappa shape index (κ2) is 7.30. The van der Waals surface area contributed by atoms with Crippen molar-refractivity contribution in [1.29, 1.82) is 0 Å². The number of hydrogen-bond acceptors (Lipinski definition) is 5. The fourth-order valence-electron chi connectivity index (χ4n) is 4.60. The van der Waals surface area contributed by atoms with Gasteiger partial charge in [0.25, 0.3) is 14.1 Å². The van der Waals surface area contributed by atoms with Gasteiger partial charge in [-0.05, 0) is 29.3 Å². The molecule has 2 fully saturated rings. The van der Waals surface area contributed by atoms with E-state index in [0.29, 0.717) is 0 Å². The lowest BCUT2D eigenvalue weighted by Gasteiger charge is -2.46. The summed E-state index contributed by atoms with van der Waals surface area (Å²) in [6, 6.07) is 20.7. The quantitative estimate of drug-likeness (QED) is 0.554. The van der Waals surface area contributed by atoms with Crippen LogP contribution in [0, 0.1) is 0 Å². The number of hydrogen-bond donors (Lipinski definition) is 0. The molecule has 30 heavy (non-hydrogen) atoms. The summed E-state index contributed by atoms with van der Waals surface area (Å²) in [5.41, 5.74) is 0. The van der Waals surface area contributed by atoms with Gasteiger partial charge in [0.2, 0.25) is 0 Å². The van der Waals surface area contributed by atoms with Crippen molar-refractivity contribution in [1.82, 2.24) is 0 Å². The molecule has 2 aromatic carbocycles. The molecule has 2 heterocycles. The summed E-state index contributed by atoms with van der Waals surface area (Å²) in [6.45, 7) is 10.4. The van der Waals surface area contributed by atoms with Crippen molar-refractivity contribution < 1.29 is 23.4 Å². The summed E-state index contributed by atoms with van der Waals surface area (Å²) in [5, 5.41) is 2.09. The Kier molecular flexibility index (Phi) is 5.17. The number of rotatable bonds is 4. The van der Waals surface area contributed by atoms with Crippen molar-refractivity contribution in [2.45, 2.75) is 63.8 Å². The maximum atomic E-state index is 12.4. The molecule has 2 saturated heterocycles. The van der Waals surface area contributed by atoms with Gasteiger partial charge in [-0.15, -0.1) is 0 Å². The SMILES string of the molecule is CC1(C)OCC2(OC(=O)C[C@H]2O[Si](c2ccccc2)(c2ccccc2)C(C)(C)C)O1. The van der Waals surface area contributed by atoms with Gasteiger partial charge in [-0.1, -0.05) is 81.4 Å². The summed E-state index contributed by atoms with van der Waals surface area (Å²) in [6.07, 6.45) is -0.415. The zero-order valence-electron chi connectivity index (χ0n) is 18.3. The normalized spacial score (nSPS) is 26.2. The van der Waals surface area contributed by atoms with Crippen LogP contribution < -0.4 is 10.4 Å². The predicted octanol–water partition coefficient (Wildman–Crippen LogP) is 3.36. The van der Waals surface area contributed by atoms with E-state index < -0.39 is 26.0 Å². The average molecular weight is 427 g/mol. The van der Waals surface area contributed by atoms with Gasteiger partial charge in [0.1, 0.15) is 12.7 Å². The minimum atomic E-state index is -2.85. The molecule has 1 unspecified atom stereocenters. The number of carbonyl (C=O) groups is 1. The number of esters is 1. The smallest absolute Gasteiger partial charge is 0.311 e. The second-order valence-corrected chi connectivity index (χ2v) is 13.8. The molecule has 0 bridgehead atoms. The fraction of sp³-hybridized carbons (Fsp3) is 0.458. The van der Waals surface area contributed by atoms with Crippen LogP contribution in [0.25, 0.3) is 0 Å². The number of carbonyl (C=O) groups excluding carboxylic acids is 1. The van der Waals surface area contributed by atoms with Crippen LogP contribution in [0.2, 0.25) is 5.04 Å². The fourth-order valence-corrected chi connectivity index (χ4v) is 9.31. The molecule has 0 amide bonds. The molecule has 0 aliphatic carbocycles. The summed E-state index contributed by atoms with van der Waals surface area (Å²) in [7, 11) is -2.85. The molecule has 0 aromatic heterocycles. The van der Waals surface area contributed by atoms with Gasteiger partial charge in [0.15, 0.2) is 5.79 Å². The van der Waals surface area contributed by atoms with Crippen LogP contribution in [0.1, 0.15) is 41.0 Å². The monoisotopic (exact) mass is 426 g/mol. The predicted molar refractivity (Wildman–Crippen MR) is 117 cm³/mol. The first kappa shape index (κ1) is 21.2. The summed E-state index contributed by atoms with van der Waals surface area (Å²) in [4.78, 5) is 12.4. The maximum Gasteiger partial charge on any atom is 0.311 e. The van der Waals surface area contributed by atoms with Crippen molar-refractivity contribution in [2.75, 3.05) is 6.61 Å². The molecule has 160 valence electrons. The summed E-state index contributed by atoms with van der Waals surface area (Å²) in [5.74, 6) is -2.37. The topological polar surface area (TPSA) is 54.0 Å². The zero-order valence-corrected chi connectivity index (χ0v) is 19.3. The van der Waals surface area contributed by atoms with E-state index in [9.17, 15) is 4.79 Å². The Morgan fingerprint density at radius 2 is 1.50 bits per heavy atom. The molecule has 5 nitrogen and oxygen atoms in total. The number of benzene rings is 2. The van der Waals surface area contributed by atoms with Crippen LogP contribution in [0.4, 0.5) is 0 Å². The van der Waals surface area contributed by atoms with E-state index in [1.54, 1.807) is 0 Å². The third kappa shape index (κ3) is 3.52. The van der Waals surface area contributed by atoms with Gasteiger partial charge < -0.3 is 18.6 Å². The molecular formula is C24H30O5Si. The van der Waals surface area contributed by atoms with Crippen LogP contribution >= 0.6 is 0 Å². The third-order valence-electron chi connectivity index (χ3n) is 5.90. The second-order valence-electron chi connectivity index (χ2n) is 9.55. The van der Waals surface area contributed by atoms with E-state index in [1.165, 1.54) is 0 Å². The van der Waals surface area contributed by atoms with Crippen LogP contribution in [-0.2, 0) is 23.4 Å². The van der Waals surface area contributed by atoms with Crippen LogP contribution in [-0.4, -0.2) is 38.6 Å². The van der Waals surface area contributed by atoms with Crippen molar-refractivity contribution in [3.63, 3.8) is 0 Å². The van der Waals surface area contributed by atoms with Gasteiger partial charge in [-0.25, -0.2) is 0 Å². The van der Waals surface area contributed by atoms with Gasteiger partial charge >= 0.3 is 5.97 Å². The lowest BCUT2D eigenvalue weighted by Crippen LogP contribution is -2.69. The maximum absolute atomic E-state index is 12.4. The molecule has 0 saturated carbocycles. The molecule has 6 heteroatoms. The molecular weight excluding hydrogens is 396 g/mol. The zero-order chi connectivity index (χ0) is 21.6. The van der Waals surface area contributed by atoms with Gasteiger partial charge in [0.05, 0.1) is 6.42 Å². The minimum absolute atomic E-state index is 0.143. The molecule has 0 N–H and O–H groups in total. The van der Waals surface area contributed by atoms with Crippen LogP contribution in [0.5, 0.6) is 0 Å². The van der Waals surface area contributed by atoms with Crippen molar-refractivity contribution in [3.8, 4) is 0 Å². The summed E-state index contributed by atoms with van der Waals surface area (Å²) < 4.78 is 24.8. The van der Waals surface area contributed by atoms with E-state index >= 15 is 0 Å². The molecule has 2 aliphatic rings. The number of ether oxygens (including phenoxy) is 3. The van der Waals surface area contributed by atoms with Crippen molar-refractivity contribution in [3.05, 3.63) is 60.7 Å². The van der Waals surface area contributed by atoms with E-state index in [2.05, 4.69) is 45.0 Å². The standard InChI is InChI=1S/C24H30O5Si/c1-22(2,3)30(18-12-8-6-9-13-18,19-14-10-7-11-15-19)28-20-16-21(25)27-24(20)17-26-23(4,5)29-24/h6-15,20H,16-17H2,1-5H3/t20-,24?/m1/s1. The van der Waals surface area contributed by atoms with Gasteiger partial charge in [-0.3, -0.25) is 4.79 Å². The Morgan fingerprint density at radius 3 is 1.93 bits per heavy atom. The highest BCUT2D eigenvalue weighted by Gasteiger charge is 2.63. The van der Waals surface area contributed by atoms with E-state index in [0.717, 1.165) is 10.4 Å². The first-order valence-corrected chi connectivity index (χ1v) is 12.3. The molecule has 0 radical (unpaired) electrons. The molecule has 2 aromatic rings. The lowest BCUT2D eigenvalue weighted by molar-refractivity contribution is -0.252. The van der Waals surface area contributed by atoms with E-state index in [1.807, 2.05) is 50.2 Å². The van der Waals surface area contributed by atoms with Gasteiger partial charge in [0, 0.05) is 0 Å². The van der Waals surface area contributed by atoms with E-state index in [-0.39, 0.29) is 24.0 Å².